The lowest BCUT2D eigenvalue weighted by Gasteiger charge is -2.16. The Kier molecular flexibility index (Phi) is 5.21. The predicted octanol–water partition coefficient (Wildman–Crippen LogP) is -0.103. The normalized spacial score (nSPS) is 23.5. The van der Waals surface area contributed by atoms with Gasteiger partial charge in [-0.1, -0.05) is 0 Å². The second-order valence-corrected chi connectivity index (χ2v) is 4.60. The van der Waals surface area contributed by atoms with Crippen LogP contribution in [0.4, 0.5) is 0 Å². The molecule has 98 valence electrons. The van der Waals surface area contributed by atoms with Gasteiger partial charge in [-0.3, -0.25) is 9.59 Å². The van der Waals surface area contributed by atoms with Crippen molar-refractivity contribution in [1.82, 2.24) is 15.5 Å². The fourth-order valence-electron chi connectivity index (χ4n) is 2.11. The molecule has 1 aliphatic carbocycles. The summed E-state index contributed by atoms with van der Waals surface area (Å²) in [7, 11) is 1.82. The number of hydrogen-bond donors (Lipinski definition) is 2. The van der Waals surface area contributed by atoms with Gasteiger partial charge in [0.05, 0.1) is 6.04 Å². The number of amides is 2. The van der Waals surface area contributed by atoms with E-state index in [1.54, 1.807) is 0 Å². The largest absolute Gasteiger partial charge is 0.351 e. The summed E-state index contributed by atoms with van der Waals surface area (Å²) in [5.74, 6) is 0.228. The van der Waals surface area contributed by atoms with Crippen molar-refractivity contribution < 1.29 is 9.59 Å². The molecule has 2 N–H and O–H groups in total. The van der Waals surface area contributed by atoms with Gasteiger partial charge >= 0.3 is 0 Å². The standard InChI is InChI=1S/C11H19N3O2.ClH/c1-12-5-4-10(15)13-8-6-11(16)14(7-8)9-2-3-9;/h8-9,12H,2-7H2,1H3,(H,13,15);1H. The summed E-state index contributed by atoms with van der Waals surface area (Å²) >= 11 is 0. The molecule has 0 bridgehead atoms. The van der Waals surface area contributed by atoms with E-state index < -0.39 is 0 Å². The summed E-state index contributed by atoms with van der Waals surface area (Å²) in [6.45, 7) is 1.38. The topological polar surface area (TPSA) is 61.4 Å². The molecule has 0 aromatic carbocycles. The summed E-state index contributed by atoms with van der Waals surface area (Å²) in [4.78, 5) is 25.0. The molecular weight excluding hydrogens is 242 g/mol. The molecule has 1 heterocycles. The summed E-state index contributed by atoms with van der Waals surface area (Å²) in [5, 5.41) is 5.85. The average molecular weight is 262 g/mol. The Morgan fingerprint density at radius 1 is 1.47 bits per heavy atom. The summed E-state index contributed by atoms with van der Waals surface area (Å²) in [5.41, 5.74) is 0. The maximum absolute atomic E-state index is 11.6. The highest BCUT2D eigenvalue weighted by Gasteiger charge is 2.39. The molecule has 17 heavy (non-hydrogen) atoms. The van der Waals surface area contributed by atoms with Crippen LogP contribution in [0.2, 0.25) is 0 Å². The van der Waals surface area contributed by atoms with Gasteiger partial charge in [-0.05, 0) is 19.9 Å². The second-order valence-electron chi connectivity index (χ2n) is 4.60. The molecule has 2 amide bonds. The highest BCUT2D eigenvalue weighted by atomic mass is 35.5. The Labute approximate surface area is 108 Å². The molecule has 0 aromatic rings. The predicted molar refractivity (Wildman–Crippen MR) is 67.1 cm³/mol. The molecule has 6 heteroatoms. The van der Waals surface area contributed by atoms with Crippen molar-refractivity contribution >= 4 is 24.2 Å². The number of hydrogen-bond acceptors (Lipinski definition) is 3. The Hall–Kier alpha value is -0.810. The number of carbonyl (C=O) groups is 2. The highest BCUT2D eigenvalue weighted by molar-refractivity contribution is 5.85. The Morgan fingerprint density at radius 3 is 2.76 bits per heavy atom. The van der Waals surface area contributed by atoms with Gasteiger partial charge < -0.3 is 15.5 Å². The van der Waals surface area contributed by atoms with Gasteiger partial charge in [-0.15, -0.1) is 12.4 Å². The van der Waals surface area contributed by atoms with E-state index in [1.807, 2.05) is 11.9 Å². The van der Waals surface area contributed by atoms with Crippen molar-refractivity contribution in [2.24, 2.45) is 0 Å². The lowest BCUT2D eigenvalue weighted by atomic mass is 10.2. The molecule has 2 fully saturated rings. The summed E-state index contributed by atoms with van der Waals surface area (Å²) < 4.78 is 0. The van der Waals surface area contributed by atoms with Crippen LogP contribution in [0.5, 0.6) is 0 Å². The molecule has 1 saturated carbocycles. The lowest BCUT2D eigenvalue weighted by molar-refractivity contribution is -0.128. The maximum Gasteiger partial charge on any atom is 0.225 e. The molecular formula is C11H20ClN3O2. The van der Waals surface area contributed by atoms with Crippen LogP contribution < -0.4 is 10.6 Å². The van der Waals surface area contributed by atoms with Gasteiger partial charge in [0.25, 0.3) is 0 Å². The van der Waals surface area contributed by atoms with E-state index in [9.17, 15) is 9.59 Å². The molecule has 5 nitrogen and oxygen atoms in total. The molecule has 1 unspecified atom stereocenters. The van der Waals surface area contributed by atoms with Gasteiger partial charge in [0.15, 0.2) is 0 Å². The first kappa shape index (κ1) is 14.3. The Morgan fingerprint density at radius 2 is 2.18 bits per heavy atom. The Bertz CT molecular complexity index is 294. The minimum atomic E-state index is 0. The van der Waals surface area contributed by atoms with Crippen LogP contribution in [0, 0.1) is 0 Å². The highest BCUT2D eigenvalue weighted by Crippen LogP contribution is 2.30. The van der Waals surface area contributed by atoms with E-state index in [4.69, 9.17) is 0 Å². The van der Waals surface area contributed by atoms with Crippen LogP contribution in [-0.2, 0) is 9.59 Å². The third-order valence-electron chi connectivity index (χ3n) is 3.11. The third-order valence-corrected chi connectivity index (χ3v) is 3.11. The zero-order valence-electron chi connectivity index (χ0n) is 10.1. The van der Waals surface area contributed by atoms with Crippen LogP contribution in [0.3, 0.4) is 0 Å². The molecule has 0 spiro atoms. The summed E-state index contributed by atoms with van der Waals surface area (Å²) in [6.07, 6.45) is 3.21. The number of carbonyl (C=O) groups excluding carboxylic acids is 2. The van der Waals surface area contributed by atoms with E-state index in [-0.39, 0.29) is 30.3 Å². The van der Waals surface area contributed by atoms with Gasteiger partial charge in [-0.2, -0.15) is 0 Å². The number of likely N-dealkylation sites (tertiary alicyclic amines) is 1. The van der Waals surface area contributed by atoms with Gasteiger partial charge in [0.1, 0.15) is 0 Å². The number of nitrogens with one attached hydrogen (secondary N) is 2. The average Bonchev–Trinajstić information content (AvgIpc) is 3.01. The van der Waals surface area contributed by atoms with E-state index in [2.05, 4.69) is 10.6 Å². The molecule has 0 aromatic heterocycles. The number of halogens is 1. The molecule has 2 aliphatic rings. The van der Waals surface area contributed by atoms with Gasteiger partial charge in [-0.25, -0.2) is 0 Å². The van der Waals surface area contributed by atoms with Crippen molar-refractivity contribution in [2.75, 3.05) is 20.1 Å². The second kappa shape index (κ2) is 6.21. The van der Waals surface area contributed by atoms with E-state index >= 15 is 0 Å². The van der Waals surface area contributed by atoms with Crippen LogP contribution >= 0.6 is 12.4 Å². The minimum Gasteiger partial charge on any atom is -0.351 e. The maximum atomic E-state index is 11.6. The van der Waals surface area contributed by atoms with Crippen LogP contribution in [-0.4, -0.2) is 48.9 Å². The SMILES string of the molecule is CNCCC(=O)NC1CC(=O)N(C2CC2)C1.Cl. The van der Waals surface area contributed by atoms with Crippen molar-refractivity contribution in [2.45, 2.75) is 37.8 Å². The van der Waals surface area contributed by atoms with E-state index in [0.717, 1.165) is 12.8 Å². The molecule has 2 rings (SSSR count). The number of rotatable bonds is 5. The quantitative estimate of drug-likeness (QED) is 0.727. The smallest absolute Gasteiger partial charge is 0.225 e. The zero-order chi connectivity index (χ0) is 11.5. The van der Waals surface area contributed by atoms with Crippen LogP contribution in [0.15, 0.2) is 0 Å². The van der Waals surface area contributed by atoms with Crippen molar-refractivity contribution in [1.29, 1.82) is 0 Å². The van der Waals surface area contributed by atoms with Crippen molar-refractivity contribution in [3.8, 4) is 0 Å². The lowest BCUT2D eigenvalue weighted by Crippen LogP contribution is -2.38. The summed E-state index contributed by atoms with van der Waals surface area (Å²) in [6, 6.07) is 0.490. The van der Waals surface area contributed by atoms with Gasteiger partial charge in [0.2, 0.25) is 11.8 Å². The van der Waals surface area contributed by atoms with Gasteiger partial charge in [0, 0.05) is 32.0 Å². The zero-order valence-corrected chi connectivity index (χ0v) is 10.9. The monoisotopic (exact) mass is 261 g/mol. The molecule has 0 radical (unpaired) electrons. The fraction of sp³-hybridized carbons (Fsp3) is 0.818. The molecule has 1 aliphatic heterocycles. The van der Waals surface area contributed by atoms with Crippen molar-refractivity contribution in [3.05, 3.63) is 0 Å². The first-order valence-corrected chi connectivity index (χ1v) is 5.94. The Balaban J connectivity index is 0.00000144. The number of nitrogens with zero attached hydrogens (tertiary/aromatic N) is 1. The van der Waals surface area contributed by atoms with Crippen LogP contribution in [0.1, 0.15) is 25.7 Å². The van der Waals surface area contributed by atoms with E-state index in [0.29, 0.717) is 32.0 Å². The van der Waals surface area contributed by atoms with Crippen LogP contribution in [0.25, 0.3) is 0 Å². The van der Waals surface area contributed by atoms with Crippen molar-refractivity contribution in [3.63, 3.8) is 0 Å². The first-order chi connectivity index (χ1) is 7.70. The molecule has 1 atom stereocenters. The first-order valence-electron chi connectivity index (χ1n) is 5.94. The fourth-order valence-corrected chi connectivity index (χ4v) is 2.11. The third kappa shape index (κ3) is 3.85. The van der Waals surface area contributed by atoms with E-state index in [1.165, 1.54) is 0 Å². The minimum absolute atomic E-state index is 0. The molecule has 1 saturated heterocycles.